The Morgan fingerprint density at radius 2 is 1.96 bits per heavy atom. The molecule has 0 aliphatic heterocycles. The molecule has 0 heterocycles. The van der Waals surface area contributed by atoms with Gasteiger partial charge in [-0.1, -0.05) is 30.3 Å². The molecule has 1 unspecified atom stereocenters. The summed E-state index contributed by atoms with van der Waals surface area (Å²) in [6.45, 7) is 1.82. The smallest absolute Gasteiger partial charge is 0.320 e. The maximum atomic E-state index is 12.5. The Labute approximate surface area is 136 Å². The van der Waals surface area contributed by atoms with Gasteiger partial charge in [0, 0.05) is 6.04 Å². The van der Waals surface area contributed by atoms with Crippen molar-refractivity contribution >= 4 is 11.9 Å². The number of benzene rings is 1. The molecule has 0 bridgehead atoms. The van der Waals surface area contributed by atoms with Crippen LogP contribution in [-0.2, 0) is 15.1 Å². The van der Waals surface area contributed by atoms with E-state index >= 15 is 0 Å². The molecule has 1 aromatic carbocycles. The van der Waals surface area contributed by atoms with Gasteiger partial charge in [-0.15, -0.1) is 0 Å². The van der Waals surface area contributed by atoms with Gasteiger partial charge in [0.05, 0.1) is 12.1 Å². The van der Waals surface area contributed by atoms with E-state index in [1.54, 1.807) is 6.92 Å². The highest BCUT2D eigenvalue weighted by atomic mass is 16.4. The van der Waals surface area contributed by atoms with E-state index in [2.05, 4.69) is 17.4 Å². The Balaban J connectivity index is 1.67. The number of carbonyl (C=O) groups excluding carboxylic acids is 1. The first kappa shape index (κ1) is 16.0. The Hall–Kier alpha value is -1.88. The van der Waals surface area contributed by atoms with E-state index in [1.807, 2.05) is 23.1 Å². The highest BCUT2D eigenvalue weighted by molar-refractivity contribution is 5.81. The lowest BCUT2D eigenvalue weighted by atomic mass is 9.72. The lowest BCUT2D eigenvalue weighted by Gasteiger charge is -2.43. The van der Waals surface area contributed by atoms with E-state index in [9.17, 15) is 14.7 Å². The van der Waals surface area contributed by atoms with Crippen LogP contribution in [0.1, 0.15) is 44.6 Å². The fraction of sp³-hybridized carbons (Fsp3) is 0.556. The number of amides is 1. The summed E-state index contributed by atoms with van der Waals surface area (Å²) >= 11 is 0. The summed E-state index contributed by atoms with van der Waals surface area (Å²) in [4.78, 5) is 25.6. The molecule has 0 aromatic heterocycles. The average Bonchev–Trinajstić information content (AvgIpc) is 3.33. The molecule has 0 radical (unpaired) electrons. The van der Waals surface area contributed by atoms with Gasteiger partial charge in [-0.3, -0.25) is 14.5 Å². The zero-order chi connectivity index (χ0) is 16.4. The van der Waals surface area contributed by atoms with E-state index in [0.29, 0.717) is 0 Å². The predicted molar refractivity (Wildman–Crippen MR) is 86.9 cm³/mol. The normalized spacial score (nSPS) is 20.6. The largest absolute Gasteiger partial charge is 0.480 e. The van der Waals surface area contributed by atoms with Gasteiger partial charge in [0.2, 0.25) is 5.91 Å². The van der Waals surface area contributed by atoms with Gasteiger partial charge in [-0.05, 0) is 44.6 Å². The average molecular weight is 316 g/mol. The van der Waals surface area contributed by atoms with Crippen molar-refractivity contribution in [1.29, 1.82) is 0 Å². The molecule has 0 spiro atoms. The van der Waals surface area contributed by atoms with Gasteiger partial charge < -0.3 is 10.4 Å². The van der Waals surface area contributed by atoms with Gasteiger partial charge in [-0.2, -0.15) is 0 Å². The standard InChI is InChI=1S/C18H24N2O3/c1-13(17(22)23)20(15-8-9-15)12-16(21)19-18(10-5-11-18)14-6-3-2-4-7-14/h2-4,6-7,13,15H,5,8-12H2,1H3,(H,19,21)(H,22,23). The van der Waals surface area contributed by atoms with Crippen LogP contribution in [0.2, 0.25) is 0 Å². The number of hydrogen-bond donors (Lipinski definition) is 2. The van der Waals surface area contributed by atoms with Crippen LogP contribution in [0.5, 0.6) is 0 Å². The molecule has 1 amide bonds. The maximum absolute atomic E-state index is 12.5. The Kier molecular flexibility index (Phi) is 4.39. The summed E-state index contributed by atoms with van der Waals surface area (Å²) in [5, 5.41) is 12.4. The van der Waals surface area contributed by atoms with Gasteiger partial charge in [0.1, 0.15) is 6.04 Å². The Morgan fingerprint density at radius 1 is 1.30 bits per heavy atom. The second kappa shape index (κ2) is 6.32. The molecule has 2 aliphatic rings. The van der Waals surface area contributed by atoms with Crippen LogP contribution >= 0.6 is 0 Å². The lowest BCUT2D eigenvalue weighted by Crippen LogP contribution is -2.54. The van der Waals surface area contributed by atoms with E-state index in [1.165, 1.54) is 0 Å². The first-order valence-electron chi connectivity index (χ1n) is 8.37. The minimum atomic E-state index is -0.869. The van der Waals surface area contributed by atoms with Crippen LogP contribution in [0.15, 0.2) is 30.3 Å². The van der Waals surface area contributed by atoms with Crippen molar-refractivity contribution in [3.63, 3.8) is 0 Å². The highest BCUT2D eigenvalue weighted by Crippen LogP contribution is 2.41. The minimum Gasteiger partial charge on any atom is -0.480 e. The van der Waals surface area contributed by atoms with E-state index in [0.717, 1.165) is 37.7 Å². The first-order valence-corrected chi connectivity index (χ1v) is 8.37. The zero-order valence-corrected chi connectivity index (χ0v) is 13.5. The quantitative estimate of drug-likeness (QED) is 0.808. The first-order chi connectivity index (χ1) is 11.0. The molecule has 0 saturated heterocycles. The van der Waals surface area contributed by atoms with Crippen LogP contribution in [0.25, 0.3) is 0 Å². The van der Waals surface area contributed by atoms with Crippen molar-refractivity contribution < 1.29 is 14.7 Å². The molecule has 5 nitrogen and oxygen atoms in total. The second-order valence-corrected chi connectivity index (χ2v) is 6.77. The van der Waals surface area contributed by atoms with Gasteiger partial charge >= 0.3 is 5.97 Å². The molecule has 3 rings (SSSR count). The van der Waals surface area contributed by atoms with Crippen molar-refractivity contribution in [3.05, 3.63) is 35.9 Å². The summed E-state index contributed by atoms with van der Waals surface area (Å²) < 4.78 is 0. The topological polar surface area (TPSA) is 69.6 Å². The number of nitrogens with zero attached hydrogens (tertiary/aromatic N) is 1. The predicted octanol–water partition coefficient (Wildman–Crippen LogP) is 2.12. The van der Waals surface area contributed by atoms with Crippen LogP contribution in [0, 0.1) is 0 Å². The van der Waals surface area contributed by atoms with Crippen molar-refractivity contribution in [2.45, 2.75) is 56.7 Å². The van der Waals surface area contributed by atoms with E-state index in [-0.39, 0.29) is 24.0 Å². The fourth-order valence-electron chi connectivity index (χ4n) is 3.38. The number of rotatable bonds is 7. The third kappa shape index (κ3) is 3.39. The second-order valence-electron chi connectivity index (χ2n) is 6.77. The SMILES string of the molecule is CC(C(=O)O)N(CC(=O)NC1(c2ccccc2)CCC1)C1CC1. The molecular formula is C18H24N2O3. The monoisotopic (exact) mass is 316 g/mol. The van der Waals surface area contributed by atoms with Crippen LogP contribution < -0.4 is 5.32 Å². The molecule has 2 N–H and O–H groups in total. The maximum Gasteiger partial charge on any atom is 0.320 e. The van der Waals surface area contributed by atoms with E-state index in [4.69, 9.17) is 0 Å². The number of aliphatic carboxylic acids is 1. The number of carbonyl (C=O) groups is 2. The lowest BCUT2D eigenvalue weighted by molar-refractivity contribution is -0.143. The van der Waals surface area contributed by atoms with Crippen molar-refractivity contribution in [2.24, 2.45) is 0 Å². The highest BCUT2D eigenvalue weighted by Gasteiger charge is 2.41. The van der Waals surface area contributed by atoms with Crippen LogP contribution in [-0.4, -0.2) is 40.5 Å². The molecule has 2 saturated carbocycles. The van der Waals surface area contributed by atoms with Crippen molar-refractivity contribution in [2.75, 3.05) is 6.54 Å². The van der Waals surface area contributed by atoms with Crippen LogP contribution in [0.3, 0.4) is 0 Å². The zero-order valence-electron chi connectivity index (χ0n) is 13.5. The number of carboxylic acids is 1. The van der Waals surface area contributed by atoms with Gasteiger partial charge in [0.25, 0.3) is 0 Å². The molecule has 5 heteroatoms. The number of nitrogens with one attached hydrogen (secondary N) is 1. The van der Waals surface area contributed by atoms with Gasteiger partial charge in [-0.25, -0.2) is 0 Å². The summed E-state index contributed by atoms with van der Waals surface area (Å²) in [6.07, 6.45) is 4.96. The Morgan fingerprint density at radius 3 is 2.43 bits per heavy atom. The molecule has 2 fully saturated rings. The van der Waals surface area contributed by atoms with Crippen molar-refractivity contribution in [3.8, 4) is 0 Å². The molecule has 23 heavy (non-hydrogen) atoms. The third-order valence-electron chi connectivity index (χ3n) is 5.11. The molecule has 1 aromatic rings. The van der Waals surface area contributed by atoms with Crippen LogP contribution in [0.4, 0.5) is 0 Å². The fourth-order valence-corrected chi connectivity index (χ4v) is 3.38. The van der Waals surface area contributed by atoms with E-state index < -0.39 is 12.0 Å². The van der Waals surface area contributed by atoms with Crippen molar-refractivity contribution in [1.82, 2.24) is 10.2 Å². The molecule has 124 valence electrons. The summed E-state index contributed by atoms with van der Waals surface area (Å²) in [6, 6.07) is 9.68. The number of carboxylic acid groups (broad SMARTS) is 1. The molecule has 2 aliphatic carbocycles. The molecular weight excluding hydrogens is 292 g/mol. The summed E-state index contributed by atoms with van der Waals surface area (Å²) in [5.74, 6) is -0.945. The Bertz CT molecular complexity index is 579. The number of hydrogen-bond acceptors (Lipinski definition) is 3. The minimum absolute atomic E-state index is 0.0754. The van der Waals surface area contributed by atoms with Gasteiger partial charge in [0.15, 0.2) is 0 Å². The third-order valence-corrected chi connectivity index (χ3v) is 5.11. The summed E-state index contributed by atoms with van der Waals surface area (Å²) in [7, 11) is 0. The molecule has 1 atom stereocenters. The summed E-state index contributed by atoms with van der Waals surface area (Å²) in [5.41, 5.74) is 0.879.